The Morgan fingerprint density at radius 2 is 1.71 bits per heavy atom. The fraction of sp³-hybridized carbons (Fsp3) is 0.304. The quantitative estimate of drug-likeness (QED) is 0.347. The van der Waals surface area contributed by atoms with Gasteiger partial charge in [0.1, 0.15) is 11.3 Å². The van der Waals surface area contributed by atoms with Crippen LogP contribution in [0, 0.1) is 13.8 Å². The summed E-state index contributed by atoms with van der Waals surface area (Å²) in [6.07, 6.45) is 2.68. The van der Waals surface area contributed by atoms with Crippen molar-refractivity contribution >= 4 is 27.0 Å². The first kappa shape index (κ1) is 21.3. The molecule has 0 unspecified atom stereocenters. The molecule has 0 spiro atoms. The minimum Gasteiger partial charge on any atom is -0.423 e. The van der Waals surface area contributed by atoms with Gasteiger partial charge in [0.15, 0.2) is 0 Å². The molecule has 1 aliphatic rings. The molecule has 8 heteroatoms. The number of ether oxygens (including phenoxy) is 1. The van der Waals surface area contributed by atoms with Gasteiger partial charge in [-0.1, -0.05) is 12.5 Å². The van der Waals surface area contributed by atoms with Gasteiger partial charge >= 0.3 is 11.6 Å². The van der Waals surface area contributed by atoms with E-state index in [2.05, 4.69) is 0 Å². The summed E-state index contributed by atoms with van der Waals surface area (Å²) in [7, 11) is -3.68. The summed E-state index contributed by atoms with van der Waals surface area (Å²) in [6.45, 7) is 4.47. The third-order valence-corrected chi connectivity index (χ3v) is 7.53. The van der Waals surface area contributed by atoms with Crippen LogP contribution in [0.2, 0.25) is 0 Å². The van der Waals surface area contributed by atoms with E-state index < -0.39 is 21.6 Å². The topological polar surface area (TPSA) is 93.9 Å². The smallest absolute Gasteiger partial charge is 0.343 e. The molecule has 0 amide bonds. The van der Waals surface area contributed by atoms with Gasteiger partial charge in [-0.2, -0.15) is 4.31 Å². The van der Waals surface area contributed by atoms with Crippen molar-refractivity contribution in [2.24, 2.45) is 0 Å². The van der Waals surface area contributed by atoms with Crippen LogP contribution in [-0.2, 0) is 10.0 Å². The van der Waals surface area contributed by atoms with E-state index in [-0.39, 0.29) is 16.2 Å². The molecule has 2 heterocycles. The Balaban J connectivity index is 1.63. The third kappa shape index (κ3) is 4.26. The number of hydrogen-bond acceptors (Lipinski definition) is 6. The normalized spacial score (nSPS) is 15.2. The largest absolute Gasteiger partial charge is 0.423 e. The SMILES string of the molecule is Cc1ccc(C(=O)Oc2ccc3c(C)cc(=O)oc3c2)cc1S(=O)(=O)N1CCCCC1. The fourth-order valence-electron chi connectivity index (χ4n) is 3.78. The number of hydrogen-bond donors (Lipinski definition) is 0. The van der Waals surface area contributed by atoms with Crippen LogP contribution in [0.25, 0.3) is 11.0 Å². The monoisotopic (exact) mass is 441 g/mol. The average Bonchev–Trinajstić information content (AvgIpc) is 2.74. The molecule has 0 radical (unpaired) electrons. The zero-order valence-electron chi connectivity index (χ0n) is 17.4. The summed E-state index contributed by atoms with van der Waals surface area (Å²) in [5.74, 6) is -0.489. The summed E-state index contributed by atoms with van der Waals surface area (Å²) in [6, 6.07) is 10.7. The molecule has 0 atom stereocenters. The van der Waals surface area contributed by atoms with Gasteiger partial charge in [-0.15, -0.1) is 0 Å². The number of sulfonamides is 1. The molecule has 1 aromatic heterocycles. The number of esters is 1. The molecule has 0 aliphatic carbocycles. The van der Waals surface area contributed by atoms with Crippen LogP contribution in [0.5, 0.6) is 5.75 Å². The molecule has 3 aromatic rings. The molecule has 162 valence electrons. The Hall–Kier alpha value is -2.97. The first-order valence-electron chi connectivity index (χ1n) is 10.1. The number of aryl methyl sites for hydroxylation is 2. The fourth-order valence-corrected chi connectivity index (χ4v) is 5.55. The van der Waals surface area contributed by atoms with E-state index in [1.165, 1.54) is 28.6 Å². The van der Waals surface area contributed by atoms with Crippen molar-refractivity contribution in [3.8, 4) is 5.75 Å². The molecule has 1 saturated heterocycles. The number of carbonyl (C=O) groups is 1. The number of rotatable bonds is 4. The van der Waals surface area contributed by atoms with Crippen LogP contribution < -0.4 is 10.4 Å². The number of piperidine rings is 1. The summed E-state index contributed by atoms with van der Waals surface area (Å²) in [5, 5.41) is 0.740. The van der Waals surface area contributed by atoms with Gasteiger partial charge in [0, 0.05) is 30.6 Å². The van der Waals surface area contributed by atoms with Crippen molar-refractivity contribution in [2.45, 2.75) is 38.0 Å². The summed E-state index contributed by atoms with van der Waals surface area (Å²) in [5.41, 5.74) is 1.29. The van der Waals surface area contributed by atoms with Gasteiger partial charge in [0.05, 0.1) is 10.5 Å². The first-order valence-corrected chi connectivity index (χ1v) is 11.6. The predicted molar refractivity (Wildman–Crippen MR) is 116 cm³/mol. The average molecular weight is 442 g/mol. The second-order valence-electron chi connectivity index (χ2n) is 7.74. The number of benzene rings is 2. The van der Waals surface area contributed by atoms with E-state index in [1.54, 1.807) is 32.0 Å². The van der Waals surface area contributed by atoms with Crippen LogP contribution >= 0.6 is 0 Å². The first-order chi connectivity index (χ1) is 14.8. The highest BCUT2D eigenvalue weighted by atomic mass is 32.2. The van der Waals surface area contributed by atoms with Crippen LogP contribution in [0.1, 0.15) is 40.7 Å². The van der Waals surface area contributed by atoms with E-state index in [4.69, 9.17) is 9.15 Å². The van der Waals surface area contributed by atoms with Crippen LogP contribution in [0.15, 0.2) is 56.6 Å². The van der Waals surface area contributed by atoms with Crippen molar-refractivity contribution < 1.29 is 22.4 Å². The maximum Gasteiger partial charge on any atom is 0.343 e. The Labute approximate surface area is 180 Å². The lowest BCUT2D eigenvalue weighted by Gasteiger charge is -2.26. The third-order valence-electron chi connectivity index (χ3n) is 5.49. The van der Waals surface area contributed by atoms with Crippen molar-refractivity contribution in [3.05, 3.63) is 69.6 Å². The molecule has 7 nitrogen and oxygen atoms in total. The van der Waals surface area contributed by atoms with E-state index >= 15 is 0 Å². The van der Waals surface area contributed by atoms with E-state index in [0.717, 1.165) is 30.2 Å². The molecule has 4 rings (SSSR count). The molecular formula is C23H23NO6S. The minimum atomic E-state index is -3.68. The van der Waals surface area contributed by atoms with Gasteiger partial charge in [-0.25, -0.2) is 18.0 Å². The van der Waals surface area contributed by atoms with Gasteiger partial charge in [0.2, 0.25) is 10.0 Å². The van der Waals surface area contributed by atoms with Crippen molar-refractivity contribution in [1.82, 2.24) is 4.31 Å². The van der Waals surface area contributed by atoms with Crippen molar-refractivity contribution in [2.75, 3.05) is 13.1 Å². The maximum absolute atomic E-state index is 13.1. The summed E-state index contributed by atoms with van der Waals surface area (Å²) >= 11 is 0. The molecule has 2 aromatic carbocycles. The molecule has 0 saturated carbocycles. The highest BCUT2D eigenvalue weighted by molar-refractivity contribution is 7.89. The Bertz CT molecular complexity index is 1320. The van der Waals surface area contributed by atoms with Crippen LogP contribution in [0.3, 0.4) is 0 Å². The molecule has 1 fully saturated rings. The lowest BCUT2D eigenvalue weighted by molar-refractivity contribution is 0.0734. The van der Waals surface area contributed by atoms with Crippen molar-refractivity contribution in [3.63, 3.8) is 0 Å². The number of fused-ring (bicyclic) bond motifs is 1. The zero-order chi connectivity index (χ0) is 22.2. The highest BCUT2D eigenvalue weighted by Gasteiger charge is 2.28. The van der Waals surface area contributed by atoms with Gasteiger partial charge in [0.25, 0.3) is 0 Å². The van der Waals surface area contributed by atoms with E-state index in [1.807, 2.05) is 0 Å². The Morgan fingerprint density at radius 1 is 0.968 bits per heavy atom. The minimum absolute atomic E-state index is 0.115. The van der Waals surface area contributed by atoms with Gasteiger partial charge < -0.3 is 9.15 Å². The second kappa shape index (κ2) is 8.28. The summed E-state index contributed by atoms with van der Waals surface area (Å²) in [4.78, 5) is 24.5. The molecular weight excluding hydrogens is 418 g/mol. The maximum atomic E-state index is 13.1. The van der Waals surface area contributed by atoms with Crippen LogP contribution in [-0.4, -0.2) is 31.8 Å². The van der Waals surface area contributed by atoms with E-state index in [9.17, 15) is 18.0 Å². The molecule has 0 N–H and O–H groups in total. The molecule has 0 bridgehead atoms. The lowest BCUT2D eigenvalue weighted by atomic mass is 10.1. The lowest BCUT2D eigenvalue weighted by Crippen LogP contribution is -2.36. The zero-order valence-corrected chi connectivity index (χ0v) is 18.2. The molecule has 31 heavy (non-hydrogen) atoms. The van der Waals surface area contributed by atoms with Crippen molar-refractivity contribution in [1.29, 1.82) is 0 Å². The Kier molecular flexibility index (Phi) is 5.68. The number of carbonyl (C=O) groups excluding carboxylic acids is 1. The Morgan fingerprint density at radius 3 is 2.45 bits per heavy atom. The number of nitrogens with zero attached hydrogens (tertiary/aromatic N) is 1. The predicted octanol–water partition coefficient (Wildman–Crippen LogP) is 3.80. The summed E-state index contributed by atoms with van der Waals surface area (Å²) < 4.78 is 38.3. The standard InChI is InChI=1S/C23H23NO6S/c1-15-6-7-17(13-21(15)31(27,28)24-10-4-3-5-11-24)23(26)29-18-8-9-19-16(2)12-22(25)30-20(19)14-18/h6-9,12-14H,3-5,10-11H2,1-2H3. The highest BCUT2D eigenvalue weighted by Crippen LogP contribution is 2.26. The van der Waals surface area contributed by atoms with Gasteiger partial charge in [-0.05, 0) is 62.1 Å². The van der Waals surface area contributed by atoms with E-state index in [0.29, 0.717) is 24.2 Å². The molecule has 1 aliphatic heterocycles. The second-order valence-corrected chi connectivity index (χ2v) is 9.65. The van der Waals surface area contributed by atoms with Crippen LogP contribution in [0.4, 0.5) is 0 Å². The van der Waals surface area contributed by atoms with Gasteiger partial charge in [-0.3, -0.25) is 0 Å².